The van der Waals surface area contributed by atoms with Gasteiger partial charge in [0.05, 0.1) is 0 Å². The summed E-state index contributed by atoms with van der Waals surface area (Å²) in [7, 11) is 0. The summed E-state index contributed by atoms with van der Waals surface area (Å²) in [6, 6.07) is 5.50. The van der Waals surface area contributed by atoms with E-state index in [1.165, 1.54) is 18.2 Å². The molecule has 0 aromatic heterocycles. The van der Waals surface area contributed by atoms with Gasteiger partial charge in [0.2, 0.25) is 5.91 Å². The number of ketones is 1. The normalized spacial score (nSPS) is 11.3. The van der Waals surface area contributed by atoms with Crippen molar-refractivity contribution in [3.8, 4) is 0 Å². The topological polar surface area (TPSA) is 72.2 Å². The number of amides is 1. The molecule has 0 saturated heterocycles. The number of rotatable bonds is 7. The molecule has 112 valence electrons. The smallest absolute Gasteiger partial charge is 0.220 e. The molecule has 20 heavy (non-hydrogen) atoms. The second kappa shape index (κ2) is 9.44. The van der Waals surface area contributed by atoms with Gasteiger partial charge in [0, 0.05) is 24.4 Å². The summed E-state index contributed by atoms with van der Waals surface area (Å²) < 4.78 is 13.0. The van der Waals surface area contributed by atoms with Crippen LogP contribution in [0.2, 0.25) is 0 Å². The molecule has 0 saturated carbocycles. The van der Waals surface area contributed by atoms with Gasteiger partial charge in [0.15, 0.2) is 5.78 Å². The Bertz CT molecular complexity index is 455. The summed E-state index contributed by atoms with van der Waals surface area (Å²) in [5.74, 6) is -1.34. The van der Waals surface area contributed by atoms with E-state index < -0.39 is 11.7 Å². The zero-order valence-electron chi connectivity index (χ0n) is 11.4. The van der Waals surface area contributed by atoms with Gasteiger partial charge in [-0.3, -0.25) is 9.59 Å². The first-order valence-corrected chi connectivity index (χ1v) is 6.31. The van der Waals surface area contributed by atoms with Crippen molar-refractivity contribution in [3.05, 3.63) is 35.6 Å². The minimum absolute atomic E-state index is 0. The molecule has 0 aliphatic rings. The first kappa shape index (κ1) is 18.5. The van der Waals surface area contributed by atoms with Crippen molar-refractivity contribution in [2.45, 2.75) is 19.8 Å². The number of nitrogens with one attached hydrogen (secondary N) is 1. The van der Waals surface area contributed by atoms with Crippen LogP contribution in [0.25, 0.3) is 0 Å². The van der Waals surface area contributed by atoms with E-state index >= 15 is 0 Å². The zero-order valence-corrected chi connectivity index (χ0v) is 12.2. The highest BCUT2D eigenvalue weighted by Crippen LogP contribution is 2.13. The lowest BCUT2D eigenvalue weighted by Gasteiger charge is -2.10. The molecule has 0 heterocycles. The van der Waals surface area contributed by atoms with E-state index in [1.807, 2.05) is 0 Å². The highest BCUT2D eigenvalue weighted by atomic mass is 35.5. The Hall–Kier alpha value is -1.46. The summed E-state index contributed by atoms with van der Waals surface area (Å²) in [6.45, 7) is 2.68. The standard InChI is InChI=1S/C14H19FN2O2.ClH/c1-10(8-13(18)17-7-3-6-16)14(19)11-4-2-5-12(15)9-11;/h2,4-5,9-10H,3,6-8,16H2,1H3,(H,17,18);1H. The van der Waals surface area contributed by atoms with Crippen LogP contribution in [-0.2, 0) is 4.79 Å². The Morgan fingerprint density at radius 1 is 1.40 bits per heavy atom. The number of benzene rings is 1. The maximum atomic E-state index is 13.0. The first-order chi connectivity index (χ1) is 9.04. The summed E-state index contributed by atoms with van der Waals surface area (Å²) in [5, 5.41) is 2.69. The number of Topliss-reactive ketones (excluding diaryl/α,β-unsaturated/α-hetero) is 1. The monoisotopic (exact) mass is 302 g/mol. The second-order valence-electron chi connectivity index (χ2n) is 4.47. The van der Waals surface area contributed by atoms with E-state index in [1.54, 1.807) is 13.0 Å². The molecule has 0 spiro atoms. The van der Waals surface area contributed by atoms with E-state index in [0.717, 1.165) is 0 Å². The molecule has 1 amide bonds. The Labute approximate surface area is 124 Å². The number of hydrogen-bond donors (Lipinski definition) is 2. The minimum Gasteiger partial charge on any atom is -0.356 e. The molecule has 1 aromatic carbocycles. The number of hydrogen-bond acceptors (Lipinski definition) is 3. The van der Waals surface area contributed by atoms with Crippen LogP contribution in [-0.4, -0.2) is 24.8 Å². The van der Waals surface area contributed by atoms with Gasteiger partial charge in [0.1, 0.15) is 5.82 Å². The maximum absolute atomic E-state index is 13.0. The van der Waals surface area contributed by atoms with Crippen LogP contribution in [0.1, 0.15) is 30.1 Å². The molecule has 4 nitrogen and oxygen atoms in total. The van der Waals surface area contributed by atoms with Gasteiger partial charge in [-0.05, 0) is 25.1 Å². The molecule has 0 aliphatic carbocycles. The van der Waals surface area contributed by atoms with Crippen molar-refractivity contribution in [2.24, 2.45) is 11.7 Å². The highest BCUT2D eigenvalue weighted by molar-refractivity contribution is 5.99. The van der Waals surface area contributed by atoms with Gasteiger partial charge in [-0.1, -0.05) is 19.1 Å². The van der Waals surface area contributed by atoms with Crippen molar-refractivity contribution >= 4 is 24.1 Å². The van der Waals surface area contributed by atoms with Crippen molar-refractivity contribution < 1.29 is 14.0 Å². The summed E-state index contributed by atoms with van der Waals surface area (Å²) in [5.41, 5.74) is 5.61. The van der Waals surface area contributed by atoms with Crippen LogP contribution < -0.4 is 11.1 Å². The molecule has 1 aromatic rings. The fourth-order valence-electron chi connectivity index (χ4n) is 1.70. The lowest BCUT2D eigenvalue weighted by Crippen LogP contribution is -2.29. The lowest BCUT2D eigenvalue weighted by atomic mass is 9.96. The van der Waals surface area contributed by atoms with E-state index in [0.29, 0.717) is 25.1 Å². The van der Waals surface area contributed by atoms with Crippen LogP contribution in [0.4, 0.5) is 4.39 Å². The molecule has 1 atom stereocenters. The predicted octanol–water partition coefficient (Wildman–Crippen LogP) is 1.92. The fourth-order valence-corrected chi connectivity index (χ4v) is 1.70. The van der Waals surface area contributed by atoms with E-state index in [4.69, 9.17) is 5.73 Å². The number of halogens is 2. The minimum atomic E-state index is -0.473. The summed E-state index contributed by atoms with van der Waals surface area (Å²) in [4.78, 5) is 23.5. The van der Waals surface area contributed by atoms with E-state index in [9.17, 15) is 14.0 Å². The Balaban J connectivity index is 0.00000361. The van der Waals surface area contributed by atoms with Crippen molar-refractivity contribution in [2.75, 3.05) is 13.1 Å². The van der Waals surface area contributed by atoms with Crippen LogP contribution >= 0.6 is 12.4 Å². The zero-order chi connectivity index (χ0) is 14.3. The second-order valence-corrected chi connectivity index (χ2v) is 4.47. The number of carbonyl (C=O) groups is 2. The third kappa shape index (κ3) is 6.12. The number of carbonyl (C=O) groups excluding carboxylic acids is 2. The average Bonchev–Trinajstić information content (AvgIpc) is 2.38. The molecule has 1 rings (SSSR count). The largest absolute Gasteiger partial charge is 0.356 e. The molecule has 0 aliphatic heterocycles. The predicted molar refractivity (Wildman–Crippen MR) is 78.4 cm³/mol. The molecule has 0 bridgehead atoms. The van der Waals surface area contributed by atoms with Crippen molar-refractivity contribution in [3.63, 3.8) is 0 Å². The molecule has 0 fully saturated rings. The van der Waals surface area contributed by atoms with Gasteiger partial charge >= 0.3 is 0 Å². The maximum Gasteiger partial charge on any atom is 0.220 e. The molecular weight excluding hydrogens is 283 g/mol. The first-order valence-electron chi connectivity index (χ1n) is 6.31. The quantitative estimate of drug-likeness (QED) is 0.597. The van der Waals surface area contributed by atoms with Gasteiger partial charge < -0.3 is 11.1 Å². The van der Waals surface area contributed by atoms with Gasteiger partial charge in [-0.2, -0.15) is 0 Å². The fraction of sp³-hybridized carbons (Fsp3) is 0.429. The molecule has 0 radical (unpaired) electrons. The van der Waals surface area contributed by atoms with E-state index in [-0.39, 0.29) is 30.5 Å². The number of nitrogens with two attached hydrogens (primary N) is 1. The molecule has 3 N–H and O–H groups in total. The van der Waals surface area contributed by atoms with E-state index in [2.05, 4.69) is 5.32 Å². The molecular formula is C14H20ClFN2O2. The van der Waals surface area contributed by atoms with Crippen molar-refractivity contribution in [1.29, 1.82) is 0 Å². The average molecular weight is 303 g/mol. The van der Waals surface area contributed by atoms with Crippen LogP contribution in [0.5, 0.6) is 0 Å². The third-order valence-electron chi connectivity index (χ3n) is 2.75. The highest BCUT2D eigenvalue weighted by Gasteiger charge is 2.18. The Morgan fingerprint density at radius 3 is 2.70 bits per heavy atom. The van der Waals surface area contributed by atoms with Crippen LogP contribution in [0.3, 0.4) is 0 Å². The summed E-state index contributed by atoms with van der Waals surface area (Å²) in [6.07, 6.45) is 0.803. The van der Waals surface area contributed by atoms with Gasteiger partial charge in [0.25, 0.3) is 0 Å². The summed E-state index contributed by atoms with van der Waals surface area (Å²) >= 11 is 0. The Morgan fingerprint density at radius 2 is 2.10 bits per heavy atom. The SMILES string of the molecule is CC(CC(=O)NCCCN)C(=O)c1cccc(F)c1.Cl. The Kier molecular flexibility index (Phi) is 8.76. The third-order valence-corrected chi connectivity index (χ3v) is 2.75. The van der Waals surface area contributed by atoms with Crippen LogP contribution in [0, 0.1) is 11.7 Å². The lowest BCUT2D eigenvalue weighted by molar-refractivity contribution is -0.121. The van der Waals surface area contributed by atoms with Gasteiger partial charge in [-0.25, -0.2) is 4.39 Å². The van der Waals surface area contributed by atoms with Gasteiger partial charge in [-0.15, -0.1) is 12.4 Å². The van der Waals surface area contributed by atoms with Crippen molar-refractivity contribution in [1.82, 2.24) is 5.32 Å². The molecule has 6 heteroatoms. The molecule has 1 unspecified atom stereocenters. The van der Waals surface area contributed by atoms with Crippen LogP contribution in [0.15, 0.2) is 24.3 Å².